The fourth-order valence-corrected chi connectivity index (χ4v) is 1.38. The molecule has 0 aromatic heterocycles. The van der Waals surface area contributed by atoms with Crippen molar-refractivity contribution in [2.75, 3.05) is 5.32 Å². The van der Waals surface area contributed by atoms with Crippen LogP contribution in [-0.4, -0.2) is 12.1 Å². The monoisotopic (exact) mass is 272 g/mol. The number of nitrogens with one attached hydrogen (secondary N) is 1. The van der Waals surface area contributed by atoms with Crippen LogP contribution in [0.4, 0.5) is 24.5 Å². The molecule has 0 bridgehead atoms. The van der Waals surface area contributed by atoms with Gasteiger partial charge in [-0.05, 0) is 18.0 Å². The topological polar surface area (TPSA) is 77.9 Å². The third kappa shape index (κ3) is 5.78. The van der Waals surface area contributed by atoms with Crippen LogP contribution in [0.15, 0.2) is 29.4 Å². The summed E-state index contributed by atoms with van der Waals surface area (Å²) in [5.74, 6) is -0.551. The molecular formula is C11H11F3N4O. The van der Waals surface area contributed by atoms with Crippen molar-refractivity contribution in [1.82, 2.24) is 0 Å². The Labute approximate surface area is 107 Å². The Hall–Kier alpha value is -2.21. The van der Waals surface area contributed by atoms with E-state index in [-0.39, 0.29) is 24.2 Å². The molecule has 19 heavy (non-hydrogen) atoms. The van der Waals surface area contributed by atoms with Crippen LogP contribution in [0, 0.1) is 0 Å². The average Bonchev–Trinajstić information content (AvgIpc) is 2.30. The minimum atomic E-state index is -4.26. The number of hydrogen-bond donors (Lipinski definition) is 1. The molecule has 1 rings (SSSR count). The molecule has 0 saturated heterocycles. The van der Waals surface area contributed by atoms with Crippen LogP contribution in [0.5, 0.6) is 0 Å². The van der Waals surface area contributed by atoms with E-state index in [4.69, 9.17) is 5.53 Å². The second-order valence-corrected chi connectivity index (χ2v) is 3.72. The maximum absolute atomic E-state index is 11.9. The fraction of sp³-hybridized carbons (Fsp3) is 0.364. The number of halogens is 3. The minimum absolute atomic E-state index is 0.217. The van der Waals surface area contributed by atoms with Crippen LogP contribution < -0.4 is 5.32 Å². The number of azide groups is 1. The van der Waals surface area contributed by atoms with E-state index >= 15 is 0 Å². The van der Waals surface area contributed by atoms with Crippen LogP contribution in [0.1, 0.15) is 19.3 Å². The zero-order valence-corrected chi connectivity index (χ0v) is 9.81. The van der Waals surface area contributed by atoms with Crippen molar-refractivity contribution in [2.24, 2.45) is 5.11 Å². The van der Waals surface area contributed by atoms with Crippen molar-refractivity contribution in [3.63, 3.8) is 0 Å². The molecule has 8 heteroatoms. The van der Waals surface area contributed by atoms with E-state index in [9.17, 15) is 18.0 Å². The highest BCUT2D eigenvalue weighted by Gasteiger charge is 2.26. The third-order valence-corrected chi connectivity index (χ3v) is 2.19. The van der Waals surface area contributed by atoms with E-state index in [2.05, 4.69) is 15.3 Å². The van der Waals surface area contributed by atoms with Gasteiger partial charge in [0.05, 0.1) is 11.4 Å². The van der Waals surface area contributed by atoms with Gasteiger partial charge < -0.3 is 5.32 Å². The molecule has 1 aromatic rings. The highest BCUT2D eigenvalue weighted by Crippen LogP contribution is 2.25. The standard InChI is InChI=1S/C11H11F3N4O/c12-11(13,14)7-3-6-10(19)16-8-4-1-2-5-9(8)17-18-15/h1-2,4-5H,3,6-7H2,(H,16,19). The molecule has 5 nitrogen and oxygen atoms in total. The summed E-state index contributed by atoms with van der Waals surface area (Å²) in [6.45, 7) is 0. The van der Waals surface area contributed by atoms with E-state index in [1.54, 1.807) is 12.1 Å². The number of alkyl halides is 3. The number of para-hydroxylation sites is 1. The Morgan fingerprint density at radius 3 is 2.68 bits per heavy atom. The summed E-state index contributed by atoms with van der Waals surface area (Å²) in [5, 5.41) is 5.78. The Bertz CT molecular complexity index is 495. The number of anilines is 1. The van der Waals surface area contributed by atoms with Gasteiger partial charge >= 0.3 is 6.18 Å². The van der Waals surface area contributed by atoms with Crippen molar-refractivity contribution < 1.29 is 18.0 Å². The lowest BCUT2D eigenvalue weighted by Crippen LogP contribution is -2.13. The molecule has 0 radical (unpaired) electrons. The zero-order chi connectivity index (χ0) is 14.3. The van der Waals surface area contributed by atoms with Crippen LogP contribution in [0.25, 0.3) is 10.4 Å². The lowest BCUT2D eigenvalue weighted by atomic mass is 10.2. The lowest BCUT2D eigenvalue weighted by molar-refractivity contribution is -0.136. The van der Waals surface area contributed by atoms with Gasteiger partial charge in [0.1, 0.15) is 0 Å². The van der Waals surface area contributed by atoms with Gasteiger partial charge in [0.2, 0.25) is 5.91 Å². The van der Waals surface area contributed by atoms with Gasteiger partial charge in [0.15, 0.2) is 0 Å². The second-order valence-electron chi connectivity index (χ2n) is 3.72. The number of carbonyl (C=O) groups excluding carboxylic acids is 1. The quantitative estimate of drug-likeness (QED) is 0.484. The van der Waals surface area contributed by atoms with Crippen molar-refractivity contribution >= 4 is 17.3 Å². The molecule has 1 N–H and O–H groups in total. The number of hydrogen-bond acceptors (Lipinski definition) is 2. The molecule has 0 aliphatic carbocycles. The Kier molecular flexibility index (Phi) is 5.20. The molecule has 0 saturated carbocycles. The van der Waals surface area contributed by atoms with E-state index < -0.39 is 18.5 Å². The maximum Gasteiger partial charge on any atom is 0.389 e. The summed E-state index contributed by atoms with van der Waals surface area (Å²) in [4.78, 5) is 14.0. The minimum Gasteiger partial charge on any atom is -0.326 e. The molecule has 0 aliphatic heterocycles. The number of benzene rings is 1. The molecule has 0 atom stereocenters. The van der Waals surface area contributed by atoms with Gasteiger partial charge in [-0.15, -0.1) is 0 Å². The van der Waals surface area contributed by atoms with Gasteiger partial charge in [-0.1, -0.05) is 23.3 Å². The highest BCUT2D eigenvalue weighted by molar-refractivity contribution is 5.93. The molecule has 1 aromatic carbocycles. The normalized spacial score (nSPS) is 10.7. The second kappa shape index (κ2) is 6.65. The molecule has 0 heterocycles. The van der Waals surface area contributed by atoms with Crippen LogP contribution in [0.3, 0.4) is 0 Å². The van der Waals surface area contributed by atoms with Gasteiger partial charge in [-0.25, -0.2) is 0 Å². The van der Waals surface area contributed by atoms with E-state index in [0.717, 1.165) is 0 Å². The average molecular weight is 272 g/mol. The van der Waals surface area contributed by atoms with E-state index in [1.165, 1.54) is 12.1 Å². The smallest absolute Gasteiger partial charge is 0.326 e. The van der Waals surface area contributed by atoms with Crippen LogP contribution >= 0.6 is 0 Å². The van der Waals surface area contributed by atoms with Crippen molar-refractivity contribution in [2.45, 2.75) is 25.4 Å². The molecular weight excluding hydrogens is 261 g/mol. The number of amides is 1. The zero-order valence-electron chi connectivity index (χ0n) is 9.81. The summed E-state index contributed by atoms with van der Waals surface area (Å²) in [6.07, 6.45) is -5.79. The van der Waals surface area contributed by atoms with Crippen LogP contribution in [-0.2, 0) is 4.79 Å². The summed E-state index contributed by atoms with van der Waals surface area (Å²) in [5.41, 5.74) is 8.82. The third-order valence-electron chi connectivity index (χ3n) is 2.19. The number of rotatable bonds is 5. The molecule has 0 spiro atoms. The summed E-state index contributed by atoms with van der Waals surface area (Å²) in [6, 6.07) is 6.22. The first-order chi connectivity index (χ1) is 8.92. The molecule has 0 fully saturated rings. The number of nitrogens with zero attached hydrogens (tertiary/aromatic N) is 3. The predicted molar refractivity (Wildman–Crippen MR) is 63.8 cm³/mol. The first-order valence-corrected chi connectivity index (χ1v) is 5.43. The van der Waals surface area contributed by atoms with Crippen molar-refractivity contribution in [3.05, 3.63) is 34.7 Å². The SMILES string of the molecule is [N-]=[N+]=Nc1ccccc1NC(=O)CCCC(F)(F)F. The first kappa shape index (κ1) is 14.8. The van der Waals surface area contributed by atoms with Gasteiger partial charge in [0.25, 0.3) is 0 Å². The number of carbonyl (C=O) groups is 1. The first-order valence-electron chi connectivity index (χ1n) is 5.43. The molecule has 1 amide bonds. The van der Waals surface area contributed by atoms with Crippen molar-refractivity contribution in [3.8, 4) is 0 Å². The van der Waals surface area contributed by atoms with Crippen molar-refractivity contribution in [1.29, 1.82) is 0 Å². The summed E-state index contributed by atoms with van der Waals surface area (Å²) in [7, 11) is 0. The Morgan fingerprint density at radius 2 is 2.05 bits per heavy atom. The Morgan fingerprint density at radius 1 is 1.37 bits per heavy atom. The van der Waals surface area contributed by atoms with E-state index in [1.807, 2.05) is 0 Å². The summed E-state index contributed by atoms with van der Waals surface area (Å²) >= 11 is 0. The largest absolute Gasteiger partial charge is 0.389 e. The highest BCUT2D eigenvalue weighted by atomic mass is 19.4. The van der Waals surface area contributed by atoms with Gasteiger partial charge in [-0.2, -0.15) is 13.2 Å². The van der Waals surface area contributed by atoms with Gasteiger partial charge in [0, 0.05) is 17.8 Å². The lowest BCUT2D eigenvalue weighted by Gasteiger charge is -2.08. The van der Waals surface area contributed by atoms with E-state index in [0.29, 0.717) is 0 Å². The van der Waals surface area contributed by atoms with Gasteiger partial charge in [-0.3, -0.25) is 4.79 Å². The molecule has 102 valence electrons. The summed E-state index contributed by atoms with van der Waals surface area (Å²) < 4.78 is 35.7. The van der Waals surface area contributed by atoms with Crippen LogP contribution in [0.2, 0.25) is 0 Å². The maximum atomic E-state index is 11.9. The predicted octanol–water partition coefficient (Wildman–Crippen LogP) is 4.30. The Balaban J connectivity index is 2.55. The fourth-order valence-electron chi connectivity index (χ4n) is 1.38. The molecule has 0 aliphatic rings. The molecule has 0 unspecified atom stereocenters.